The topological polar surface area (TPSA) is 71.3 Å². The van der Waals surface area contributed by atoms with Gasteiger partial charge in [-0.25, -0.2) is 13.1 Å². The van der Waals surface area contributed by atoms with E-state index < -0.39 is 10.0 Å². The van der Waals surface area contributed by atoms with Crippen LogP contribution in [0.4, 0.5) is 0 Å². The molecule has 0 atom stereocenters. The molecule has 3 rings (SSSR count). The molecule has 1 aromatic heterocycles. The number of furan rings is 1. The highest BCUT2D eigenvalue weighted by atomic mass is 79.9. The molecule has 8 heteroatoms. The van der Waals surface area contributed by atoms with Gasteiger partial charge in [-0.3, -0.25) is 0 Å². The van der Waals surface area contributed by atoms with Crippen molar-refractivity contribution < 1.29 is 12.8 Å². The molecule has 5 nitrogen and oxygen atoms in total. The Bertz CT molecular complexity index is 593. The number of sulfonamides is 1. The summed E-state index contributed by atoms with van der Waals surface area (Å²) in [7, 11) is -3.52. The zero-order chi connectivity index (χ0) is 14.9. The normalized spacial score (nSPS) is 20.8. The van der Waals surface area contributed by atoms with Crippen LogP contribution in [0.15, 0.2) is 20.0 Å². The molecule has 1 aliphatic carbocycles. The molecule has 1 aliphatic heterocycles. The van der Waals surface area contributed by atoms with Gasteiger partial charge in [0.2, 0.25) is 10.0 Å². The van der Waals surface area contributed by atoms with Crippen LogP contribution in [-0.2, 0) is 16.6 Å². The lowest BCUT2D eigenvalue weighted by Crippen LogP contribution is -2.37. The van der Waals surface area contributed by atoms with E-state index in [2.05, 4.69) is 26.0 Å². The second-order valence-electron chi connectivity index (χ2n) is 5.51. The maximum Gasteiger partial charge on any atom is 0.245 e. The maximum atomic E-state index is 12.5. The highest BCUT2D eigenvalue weighted by Gasteiger charge is 2.27. The van der Waals surface area contributed by atoms with E-state index in [1.54, 1.807) is 6.07 Å². The van der Waals surface area contributed by atoms with Gasteiger partial charge in [0.25, 0.3) is 0 Å². The van der Waals surface area contributed by atoms with Crippen LogP contribution >= 0.6 is 27.7 Å². The van der Waals surface area contributed by atoms with Crippen LogP contribution < -0.4 is 10.0 Å². The first-order valence-electron chi connectivity index (χ1n) is 7.16. The number of halogens is 1. The Kier molecular flexibility index (Phi) is 5.00. The first-order chi connectivity index (χ1) is 10.0. The minimum Gasteiger partial charge on any atom is -0.452 e. The molecule has 2 fully saturated rings. The predicted molar refractivity (Wildman–Crippen MR) is 86.9 cm³/mol. The highest BCUT2D eigenvalue weighted by molar-refractivity contribution is 9.10. The highest BCUT2D eigenvalue weighted by Crippen LogP contribution is 2.28. The lowest BCUT2D eigenvalue weighted by atomic mass is 10.2. The second kappa shape index (κ2) is 6.62. The molecular weight excluding hydrogens is 376 g/mol. The van der Waals surface area contributed by atoms with Gasteiger partial charge in [0.15, 0.2) is 4.67 Å². The Labute approximate surface area is 137 Å². The van der Waals surface area contributed by atoms with Gasteiger partial charge in [-0.1, -0.05) is 0 Å². The van der Waals surface area contributed by atoms with Crippen molar-refractivity contribution in [3.8, 4) is 0 Å². The molecular formula is C13H19BrN2O3S2. The van der Waals surface area contributed by atoms with E-state index in [1.807, 2.05) is 11.8 Å². The predicted octanol–water partition coefficient (Wildman–Crippen LogP) is 2.47. The Balaban J connectivity index is 1.68. The lowest BCUT2D eigenvalue weighted by Gasteiger charge is -2.21. The summed E-state index contributed by atoms with van der Waals surface area (Å²) in [5.74, 6) is 2.67. The summed E-state index contributed by atoms with van der Waals surface area (Å²) in [6.07, 6.45) is 4.15. The molecule has 1 aromatic rings. The Morgan fingerprint density at radius 1 is 1.24 bits per heavy atom. The van der Waals surface area contributed by atoms with Crippen LogP contribution in [0.25, 0.3) is 0 Å². The molecule has 0 amide bonds. The van der Waals surface area contributed by atoms with Gasteiger partial charge >= 0.3 is 0 Å². The van der Waals surface area contributed by atoms with Crippen molar-refractivity contribution >= 4 is 37.7 Å². The number of hydrogen-bond acceptors (Lipinski definition) is 5. The molecule has 2 aliphatic rings. The van der Waals surface area contributed by atoms with E-state index in [1.165, 1.54) is 12.8 Å². The van der Waals surface area contributed by atoms with Crippen LogP contribution in [0.1, 0.15) is 31.4 Å². The number of hydrogen-bond donors (Lipinski definition) is 2. The molecule has 0 spiro atoms. The monoisotopic (exact) mass is 394 g/mol. The molecule has 118 valence electrons. The summed E-state index contributed by atoms with van der Waals surface area (Å²) in [5.41, 5.74) is 0. The standard InChI is InChI=1S/C13H19BrN2O3S2/c14-13-12(7-11(19-13)8-15-9-1-2-9)21(17,18)16-10-3-5-20-6-4-10/h7,9-10,15-16H,1-6,8H2. The average molecular weight is 395 g/mol. The van der Waals surface area contributed by atoms with E-state index in [4.69, 9.17) is 4.42 Å². The van der Waals surface area contributed by atoms with Gasteiger partial charge in [0.1, 0.15) is 10.7 Å². The fourth-order valence-electron chi connectivity index (χ4n) is 2.30. The van der Waals surface area contributed by atoms with Crippen molar-refractivity contribution in [1.82, 2.24) is 10.0 Å². The van der Waals surface area contributed by atoms with E-state index in [0.717, 1.165) is 24.3 Å². The summed E-state index contributed by atoms with van der Waals surface area (Å²) in [6.45, 7) is 0.568. The Morgan fingerprint density at radius 2 is 1.95 bits per heavy atom. The van der Waals surface area contributed by atoms with E-state index in [9.17, 15) is 8.42 Å². The second-order valence-corrected chi connectivity index (χ2v) is 9.14. The van der Waals surface area contributed by atoms with Gasteiger partial charge in [0, 0.05) is 18.2 Å². The van der Waals surface area contributed by atoms with E-state index >= 15 is 0 Å². The number of thioether (sulfide) groups is 1. The third kappa shape index (κ3) is 4.25. The summed E-state index contributed by atoms with van der Waals surface area (Å²) in [4.78, 5) is 0.202. The van der Waals surface area contributed by atoms with Gasteiger partial charge in [0.05, 0.1) is 6.54 Å². The smallest absolute Gasteiger partial charge is 0.245 e. The van der Waals surface area contributed by atoms with Crippen LogP contribution in [0.2, 0.25) is 0 Å². The van der Waals surface area contributed by atoms with Gasteiger partial charge < -0.3 is 9.73 Å². The van der Waals surface area contributed by atoms with Crippen molar-refractivity contribution in [3.05, 3.63) is 16.5 Å². The SMILES string of the molecule is O=S(=O)(NC1CCSCC1)c1cc(CNC2CC2)oc1Br. The van der Waals surface area contributed by atoms with Gasteiger partial charge in [-0.15, -0.1) is 0 Å². The third-order valence-corrected chi connectivity index (χ3v) is 7.11. The maximum absolute atomic E-state index is 12.5. The molecule has 0 aromatic carbocycles. The van der Waals surface area contributed by atoms with E-state index in [-0.39, 0.29) is 15.6 Å². The summed E-state index contributed by atoms with van der Waals surface area (Å²) in [5, 5.41) is 3.31. The van der Waals surface area contributed by atoms with Crippen LogP contribution in [0.3, 0.4) is 0 Å². The largest absolute Gasteiger partial charge is 0.452 e. The van der Waals surface area contributed by atoms with Crippen LogP contribution in [-0.4, -0.2) is 32.0 Å². The fourth-order valence-corrected chi connectivity index (χ4v) is 5.71. The molecule has 1 saturated carbocycles. The van der Waals surface area contributed by atoms with Gasteiger partial charge in [-0.2, -0.15) is 11.8 Å². The van der Waals surface area contributed by atoms with Crippen molar-refractivity contribution in [2.75, 3.05) is 11.5 Å². The summed E-state index contributed by atoms with van der Waals surface area (Å²) >= 11 is 5.09. The Morgan fingerprint density at radius 3 is 2.62 bits per heavy atom. The summed E-state index contributed by atoms with van der Waals surface area (Å²) < 4.78 is 33.5. The van der Waals surface area contributed by atoms with Crippen molar-refractivity contribution in [3.63, 3.8) is 0 Å². The van der Waals surface area contributed by atoms with E-state index in [0.29, 0.717) is 18.3 Å². The minimum absolute atomic E-state index is 0.0334. The first-order valence-corrected chi connectivity index (χ1v) is 10.6. The summed E-state index contributed by atoms with van der Waals surface area (Å²) in [6, 6.07) is 2.21. The fraction of sp³-hybridized carbons (Fsp3) is 0.692. The number of nitrogens with one attached hydrogen (secondary N) is 2. The molecule has 2 heterocycles. The molecule has 0 unspecified atom stereocenters. The molecule has 21 heavy (non-hydrogen) atoms. The zero-order valence-electron chi connectivity index (χ0n) is 11.6. The quantitative estimate of drug-likeness (QED) is 0.775. The van der Waals surface area contributed by atoms with Gasteiger partial charge in [-0.05, 0) is 53.1 Å². The van der Waals surface area contributed by atoms with Crippen molar-refractivity contribution in [1.29, 1.82) is 0 Å². The number of rotatable bonds is 6. The molecule has 1 saturated heterocycles. The first kappa shape index (κ1) is 15.9. The molecule has 0 radical (unpaired) electrons. The zero-order valence-corrected chi connectivity index (χ0v) is 14.8. The molecule has 0 bridgehead atoms. The van der Waals surface area contributed by atoms with Crippen LogP contribution in [0.5, 0.6) is 0 Å². The van der Waals surface area contributed by atoms with Crippen molar-refractivity contribution in [2.45, 2.75) is 49.2 Å². The lowest BCUT2D eigenvalue weighted by molar-refractivity contribution is 0.459. The average Bonchev–Trinajstić information content (AvgIpc) is 3.19. The Hall–Kier alpha value is -0.0200. The van der Waals surface area contributed by atoms with Crippen molar-refractivity contribution in [2.24, 2.45) is 0 Å². The third-order valence-electron chi connectivity index (χ3n) is 3.68. The molecule has 2 N–H and O–H groups in total. The van der Waals surface area contributed by atoms with Crippen LogP contribution in [0, 0.1) is 0 Å². The minimum atomic E-state index is -3.52.